The van der Waals surface area contributed by atoms with Gasteiger partial charge in [-0.15, -0.1) is 0 Å². The van der Waals surface area contributed by atoms with Crippen LogP contribution in [0.3, 0.4) is 0 Å². The number of thioether (sulfide) groups is 1. The number of hydrogen-bond donors (Lipinski definition) is 2. The lowest BCUT2D eigenvalue weighted by molar-refractivity contribution is -0.155. The predicted octanol–water partition coefficient (Wildman–Crippen LogP) is -0.0610. The zero-order valence-corrected chi connectivity index (χ0v) is 5.65. The molecule has 0 radical (unpaired) electrons. The SMILES string of the molecule is O=C(O)[C@]1(O)CCSC1. The van der Waals surface area contributed by atoms with Crippen LogP contribution in [-0.4, -0.2) is 33.3 Å². The highest BCUT2D eigenvalue weighted by Gasteiger charge is 2.39. The number of rotatable bonds is 1. The summed E-state index contributed by atoms with van der Waals surface area (Å²) >= 11 is 1.48. The van der Waals surface area contributed by atoms with Crippen LogP contribution in [0.15, 0.2) is 0 Å². The van der Waals surface area contributed by atoms with Gasteiger partial charge in [-0.3, -0.25) is 0 Å². The van der Waals surface area contributed by atoms with E-state index in [2.05, 4.69) is 0 Å². The average molecular weight is 148 g/mol. The molecular weight excluding hydrogens is 140 g/mol. The lowest BCUT2D eigenvalue weighted by Crippen LogP contribution is -2.37. The van der Waals surface area contributed by atoms with E-state index in [0.717, 1.165) is 5.75 Å². The van der Waals surface area contributed by atoms with Crippen molar-refractivity contribution < 1.29 is 15.0 Å². The number of carboxylic acid groups (broad SMARTS) is 1. The second kappa shape index (κ2) is 2.19. The molecule has 1 aliphatic rings. The van der Waals surface area contributed by atoms with Crippen molar-refractivity contribution in [3.63, 3.8) is 0 Å². The van der Waals surface area contributed by atoms with E-state index in [-0.39, 0.29) is 0 Å². The first-order chi connectivity index (χ1) is 4.15. The Morgan fingerprint density at radius 1 is 1.67 bits per heavy atom. The highest BCUT2D eigenvalue weighted by atomic mass is 32.2. The summed E-state index contributed by atoms with van der Waals surface area (Å²) in [6.07, 6.45) is 0.382. The van der Waals surface area contributed by atoms with Crippen LogP contribution in [0.4, 0.5) is 0 Å². The molecule has 4 heteroatoms. The Morgan fingerprint density at radius 3 is 2.56 bits per heavy atom. The molecule has 0 aromatic rings. The fourth-order valence-electron chi connectivity index (χ4n) is 0.723. The van der Waals surface area contributed by atoms with Crippen LogP contribution in [0.5, 0.6) is 0 Å². The minimum absolute atomic E-state index is 0.336. The van der Waals surface area contributed by atoms with E-state index in [1.54, 1.807) is 0 Å². The summed E-state index contributed by atoms with van der Waals surface area (Å²) in [5.41, 5.74) is -1.43. The van der Waals surface area contributed by atoms with Crippen LogP contribution in [0.25, 0.3) is 0 Å². The van der Waals surface area contributed by atoms with Gasteiger partial charge < -0.3 is 10.2 Å². The van der Waals surface area contributed by atoms with Crippen LogP contribution in [-0.2, 0) is 4.79 Å². The Morgan fingerprint density at radius 2 is 2.33 bits per heavy atom. The number of carbonyl (C=O) groups is 1. The maximum absolute atomic E-state index is 10.3. The van der Waals surface area contributed by atoms with Crippen LogP contribution in [0.1, 0.15) is 6.42 Å². The molecule has 1 saturated heterocycles. The second-order valence-electron chi connectivity index (χ2n) is 2.14. The second-order valence-corrected chi connectivity index (χ2v) is 3.24. The predicted molar refractivity (Wildman–Crippen MR) is 34.5 cm³/mol. The topological polar surface area (TPSA) is 57.5 Å². The fraction of sp³-hybridized carbons (Fsp3) is 0.800. The molecule has 0 bridgehead atoms. The molecule has 0 amide bonds. The first-order valence-corrected chi connectivity index (χ1v) is 3.84. The minimum Gasteiger partial charge on any atom is -0.479 e. The van der Waals surface area contributed by atoms with Crippen molar-refractivity contribution in [1.82, 2.24) is 0 Å². The number of hydrogen-bond acceptors (Lipinski definition) is 3. The summed E-state index contributed by atoms with van der Waals surface area (Å²) in [4.78, 5) is 10.3. The van der Waals surface area contributed by atoms with Gasteiger partial charge in [0.25, 0.3) is 0 Å². The summed E-state index contributed by atoms with van der Waals surface area (Å²) in [5, 5.41) is 17.6. The third-order valence-electron chi connectivity index (χ3n) is 1.40. The molecule has 1 atom stereocenters. The van der Waals surface area contributed by atoms with Gasteiger partial charge in [-0.1, -0.05) is 0 Å². The summed E-state index contributed by atoms with van der Waals surface area (Å²) in [7, 11) is 0. The van der Waals surface area contributed by atoms with Crippen molar-refractivity contribution in [1.29, 1.82) is 0 Å². The Kier molecular flexibility index (Phi) is 1.68. The maximum atomic E-state index is 10.3. The third-order valence-corrected chi connectivity index (χ3v) is 2.57. The zero-order chi connectivity index (χ0) is 6.91. The van der Waals surface area contributed by atoms with Crippen molar-refractivity contribution >= 4 is 17.7 Å². The van der Waals surface area contributed by atoms with Gasteiger partial charge in [-0.05, 0) is 12.2 Å². The van der Waals surface area contributed by atoms with Crippen molar-refractivity contribution in [2.24, 2.45) is 0 Å². The van der Waals surface area contributed by atoms with Crippen LogP contribution < -0.4 is 0 Å². The Labute approximate surface area is 57.1 Å². The minimum atomic E-state index is -1.43. The van der Waals surface area contributed by atoms with Gasteiger partial charge in [-0.2, -0.15) is 11.8 Å². The zero-order valence-electron chi connectivity index (χ0n) is 4.83. The summed E-state index contributed by atoms with van der Waals surface area (Å²) < 4.78 is 0. The van der Waals surface area contributed by atoms with Gasteiger partial charge in [0.15, 0.2) is 5.60 Å². The van der Waals surface area contributed by atoms with Gasteiger partial charge in [0.1, 0.15) is 0 Å². The number of carboxylic acids is 1. The molecule has 0 aromatic heterocycles. The van der Waals surface area contributed by atoms with E-state index in [9.17, 15) is 4.79 Å². The highest BCUT2D eigenvalue weighted by molar-refractivity contribution is 7.99. The quantitative estimate of drug-likeness (QED) is 0.547. The Hall–Kier alpha value is -0.220. The van der Waals surface area contributed by atoms with Crippen LogP contribution in [0, 0.1) is 0 Å². The van der Waals surface area contributed by atoms with E-state index in [0.29, 0.717) is 12.2 Å². The number of aliphatic hydroxyl groups is 1. The molecule has 3 nitrogen and oxygen atoms in total. The lowest BCUT2D eigenvalue weighted by atomic mass is 10.1. The standard InChI is InChI=1S/C5H8O3S/c6-4(7)5(8)1-2-9-3-5/h8H,1-3H2,(H,6,7)/t5-/m0/s1. The Bertz CT molecular complexity index is 128. The molecule has 2 N–H and O–H groups in total. The normalized spacial score (nSPS) is 34.8. The average Bonchev–Trinajstić information content (AvgIpc) is 2.16. The summed E-state index contributed by atoms with van der Waals surface area (Å²) in [6.45, 7) is 0. The molecule has 1 rings (SSSR count). The molecule has 1 aliphatic heterocycles. The maximum Gasteiger partial charge on any atom is 0.336 e. The van der Waals surface area contributed by atoms with Gasteiger partial charge in [0, 0.05) is 5.75 Å². The van der Waals surface area contributed by atoms with Gasteiger partial charge in [0.05, 0.1) is 0 Å². The molecule has 0 spiro atoms. The summed E-state index contributed by atoms with van der Waals surface area (Å²) in [6, 6.07) is 0. The highest BCUT2D eigenvalue weighted by Crippen LogP contribution is 2.27. The van der Waals surface area contributed by atoms with Crippen LogP contribution >= 0.6 is 11.8 Å². The monoisotopic (exact) mass is 148 g/mol. The van der Waals surface area contributed by atoms with Crippen molar-refractivity contribution in [3.8, 4) is 0 Å². The first kappa shape index (κ1) is 6.89. The van der Waals surface area contributed by atoms with E-state index >= 15 is 0 Å². The molecule has 1 heterocycles. The van der Waals surface area contributed by atoms with E-state index in [4.69, 9.17) is 10.2 Å². The van der Waals surface area contributed by atoms with E-state index < -0.39 is 11.6 Å². The largest absolute Gasteiger partial charge is 0.479 e. The molecule has 9 heavy (non-hydrogen) atoms. The third kappa shape index (κ3) is 1.19. The molecule has 0 aliphatic carbocycles. The van der Waals surface area contributed by atoms with E-state index in [1.807, 2.05) is 0 Å². The van der Waals surface area contributed by atoms with Crippen molar-refractivity contribution in [3.05, 3.63) is 0 Å². The van der Waals surface area contributed by atoms with E-state index in [1.165, 1.54) is 11.8 Å². The lowest BCUT2D eigenvalue weighted by Gasteiger charge is -2.13. The molecule has 0 unspecified atom stereocenters. The summed E-state index contributed by atoms with van der Waals surface area (Å²) in [5.74, 6) is -0.00185. The Balaban J connectivity index is 2.61. The first-order valence-electron chi connectivity index (χ1n) is 2.69. The fourth-order valence-corrected chi connectivity index (χ4v) is 1.95. The molecule has 0 saturated carbocycles. The number of aliphatic carboxylic acids is 1. The van der Waals surface area contributed by atoms with Gasteiger partial charge in [-0.25, -0.2) is 4.79 Å². The van der Waals surface area contributed by atoms with Crippen molar-refractivity contribution in [2.75, 3.05) is 11.5 Å². The smallest absolute Gasteiger partial charge is 0.336 e. The van der Waals surface area contributed by atoms with Gasteiger partial charge in [0.2, 0.25) is 0 Å². The van der Waals surface area contributed by atoms with Crippen LogP contribution in [0.2, 0.25) is 0 Å². The molecule has 0 aromatic carbocycles. The molecule has 52 valence electrons. The molecule has 1 fully saturated rings. The molecular formula is C5H8O3S. The van der Waals surface area contributed by atoms with Crippen molar-refractivity contribution in [2.45, 2.75) is 12.0 Å². The van der Waals surface area contributed by atoms with Gasteiger partial charge >= 0.3 is 5.97 Å².